The Balaban J connectivity index is 1.89. The molecular weight excluding hydrogens is 370 g/mol. The SMILES string of the molecule is O=C(CO)c1ccc(Cn2c(=O)n(-c3ccncc3)c(=O)c3ccccc32)cc1. The van der Waals surface area contributed by atoms with E-state index in [1.54, 1.807) is 60.7 Å². The van der Waals surface area contributed by atoms with E-state index < -0.39 is 17.9 Å². The van der Waals surface area contributed by atoms with Crippen molar-refractivity contribution < 1.29 is 9.90 Å². The zero-order valence-corrected chi connectivity index (χ0v) is 15.4. The van der Waals surface area contributed by atoms with E-state index in [1.807, 2.05) is 0 Å². The second kappa shape index (κ2) is 7.65. The van der Waals surface area contributed by atoms with Crippen LogP contribution in [0.1, 0.15) is 15.9 Å². The first-order valence-electron chi connectivity index (χ1n) is 8.98. The molecule has 29 heavy (non-hydrogen) atoms. The van der Waals surface area contributed by atoms with Crippen LogP contribution in [0.2, 0.25) is 0 Å². The number of fused-ring (bicyclic) bond motifs is 1. The van der Waals surface area contributed by atoms with Crippen molar-refractivity contribution >= 4 is 16.7 Å². The predicted octanol–water partition coefficient (Wildman–Crippen LogP) is 1.77. The molecule has 2 heterocycles. The summed E-state index contributed by atoms with van der Waals surface area (Å²) < 4.78 is 2.66. The average Bonchev–Trinajstić information content (AvgIpc) is 2.77. The summed E-state index contributed by atoms with van der Waals surface area (Å²) in [6.45, 7) is -0.335. The third-order valence-electron chi connectivity index (χ3n) is 4.73. The minimum atomic E-state index is -0.555. The second-order valence-electron chi connectivity index (χ2n) is 6.51. The summed E-state index contributed by atoms with van der Waals surface area (Å²) in [5, 5.41) is 9.41. The molecule has 0 bridgehead atoms. The lowest BCUT2D eigenvalue weighted by molar-refractivity contribution is 0.0903. The Morgan fingerprint density at radius 2 is 1.62 bits per heavy atom. The van der Waals surface area contributed by atoms with Gasteiger partial charge in [-0.25, -0.2) is 9.36 Å². The molecule has 0 unspecified atom stereocenters. The van der Waals surface area contributed by atoms with Gasteiger partial charge >= 0.3 is 5.69 Å². The van der Waals surface area contributed by atoms with Gasteiger partial charge in [0.2, 0.25) is 0 Å². The molecule has 144 valence electrons. The highest BCUT2D eigenvalue weighted by atomic mass is 16.3. The van der Waals surface area contributed by atoms with Crippen LogP contribution in [0.3, 0.4) is 0 Å². The number of Topliss-reactive ketones (excluding diaryl/α,β-unsaturated/α-hetero) is 1. The number of ketones is 1. The maximum atomic E-state index is 13.2. The van der Waals surface area contributed by atoms with Gasteiger partial charge in [0.15, 0.2) is 5.78 Å². The number of carbonyl (C=O) groups is 1. The molecule has 2 aromatic heterocycles. The molecule has 0 saturated heterocycles. The van der Waals surface area contributed by atoms with Crippen LogP contribution < -0.4 is 11.2 Å². The number of aliphatic hydroxyl groups is 1. The highest BCUT2D eigenvalue weighted by molar-refractivity contribution is 5.96. The monoisotopic (exact) mass is 387 g/mol. The number of benzene rings is 2. The van der Waals surface area contributed by atoms with Gasteiger partial charge in [0.25, 0.3) is 5.56 Å². The quantitative estimate of drug-likeness (QED) is 0.527. The summed E-state index contributed by atoms with van der Waals surface area (Å²) in [4.78, 5) is 41.8. The summed E-state index contributed by atoms with van der Waals surface area (Å²) in [6.07, 6.45) is 3.05. The van der Waals surface area contributed by atoms with E-state index in [4.69, 9.17) is 5.11 Å². The number of para-hydroxylation sites is 1. The highest BCUT2D eigenvalue weighted by Crippen LogP contribution is 2.13. The van der Waals surface area contributed by atoms with Gasteiger partial charge in [-0.1, -0.05) is 36.4 Å². The fraction of sp³-hybridized carbons (Fsp3) is 0.0909. The van der Waals surface area contributed by atoms with Crippen LogP contribution in [-0.4, -0.2) is 31.6 Å². The molecule has 4 aromatic rings. The third-order valence-corrected chi connectivity index (χ3v) is 4.73. The number of hydrogen-bond acceptors (Lipinski definition) is 5. The van der Waals surface area contributed by atoms with E-state index in [0.717, 1.165) is 10.1 Å². The van der Waals surface area contributed by atoms with E-state index in [0.29, 0.717) is 22.2 Å². The molecule has 0 fully saturated rings. The minimum Gasteiger partial charge on any atom is -0.388 e. The van der Waals surface area contributed by atoms with Crippen LogP contribution in [0.5, 0.6) is 0 Å². The molecule has 7 heteroatoms. The Kier molecular flexibility index (Phi) is 4.88. The molecule has 0 atom stereocenters. The second-order valence-corrected chi connectivity index (χ2v) is 6.51. The van der Waals surface area contributed by atoms with Gasteiger partial charge in [-0.2, -0.15) is 0 Å². The fourth-order valence-corrected chi connectivity index (χ4v) is 3.26. The molecule has 4 rings (SSSR count). The van der Waals surface area contributed by atoms with Gasteiger partial charge < -0.3 is 5.11 Å². The molecule has 0 radical (unpaired) electrons. The van der Waals surface area contributed by atoms with Crippen LogP contribution in [0.4, 0.5) is 0 Å². The van der Waals surface area contributed by atoms with Crippen LogP contribution >= 0.6 is 0 Å². The lowest BCUT2D eigenvalue weighted by Crippen LogP contribution is -2.39. The molecule has 0 saturated carbocycles. The van der Waals surface area contributed by atoms with E-state index in [1.165, 1.54) is 17.0 Å². The molecule has 0 aliphatic heterocycles. The molecule has 0 spiro atoms. The van der Waals surface area contributed by atoms with Crippen LogP contribution in [0.15, 0.2) is 82.6 Å². The lowest BCUT2D eigenvalue weighted by atomic mass is 10.1. The number of aliphatic hydroxyl groups excluding tert-OH is 1. The summed E-state index contributed by atoms with van der Waals surface area (Å²) in [6, 6.07) is 16.8. The molecule has 2 aromatic carbocycles. The number of carbonyl (C=O) groups excluding carboxylic acids is 1. The van der Waals surface area contributed by atoms with Crippen LogP contribution in [0, 0.1) is 0 Å². The minimum absolute atomic E-state index is 0.221. The normalized spacial score (nSPS) is 10.9. The van der Waals surface area contributed by atoms with Crippen LogP contribution in [-0.2, 0) is 6.54 Å². The Morgan fingerprint density at radius 1 is 0.931 bits per heavy atom. The smallest absolute Gasteiger partial charge is 0.336 e. The molecule has 0 aliphatic carbocycles. The van der Waals surface area contributed by atoms with Crippen molar-refractivity contribution in [2.75, 3.05) is 6.61 Å². The van der Waals surface area contributed by atoms with Crippen molar-refractivity contribution in [3.63, 3.8) is 0 Å². The van der Waals surface area contributed by atoms with Gasteiger partial charge in [-0.15, -0.1) is 0 Å². The topological polar surface area (TPSA) is 94.2 Å². The van der Waals surface area contributed by atoms with Crippen molar-refractivity contribution in [3.05, 3.63) is 105 Å². The standard InChI is InChI=1S/C22H17N3O4/c26-14-20(27)16-7-5-15(6-8-16)13-24-19-4-2-1-3-18(19)21(28)25(22(24)29)17-9-11-23-12-10-17/h1-12,26H,13-14H2. The number of aromatic nitrogens is 3. The van der Waals surface area contributed by atoms with Crippen LogP contribution in [0.25, 0.3) is 16.6 Å². The van der Waals surface area contributed by atoms with Gasteiger partial charge in [0.05, 0.1) is 23.1 Å². The molecule has 7 nitrogen and oxygen atoms in total. The largest absolute Gasteiger partial charge is 0.388 e. The summed E-state index contributed by atoms with van der Waals surface area (Å²) in [5.41, 5.74) is 1.30. The maximum Gasteiger partial charge on any atom is 0.336 e. The number of hydrogen-bond donors (Lipinski definition) is 1. The van der Waals surface area contributed by atoms with E-state index in [-0.39, 0.29) is 12.3 Å². The summed E-state index contributed by atoms with van der Waals surface area (Å²) in [7, 11) is 0. The number of pyridine rings is 1. The molecule has 0 amide bonds. The Bertz CT molecular complexity index is 1310. The van der Waals surface area contributed by atoms with Gasteiger partial charge in [-0.05, 0) is 29.8 Å². The summed E-state index contributed by atoms with van der Waals surface area (Å²) in [5.74, 6) is -0.370. The van der Waals surface area contributed by atoms with Gasteiger partial charge in [-0.3, -0.25) is 19.1 Å². The Labute approximate surface area is 165 Å². The van der Waals surface area contributed by atoms with Crippen molar-refractivity contribution in [2.24, 2.45) is 0 Å². The first kappa shape index (κ1) is 18.5. The summed E-state index contributed by atoms with van der Waals surface area (Å²) >= 11 is 0. The molecule has 1 N–H and O–H groups in total. The van der Waals surface area contributed by atoms with Crippen molar-refractivity contribution in [2.45, 2.75) is 6.54 Å². The number of nitrogens with zero attached hydrogens (tertiary/aromatic N) is 3. The Morgan fingerprint density at radius 3 is 2.31 bits per heavy atom. The highest BCUT2D eigenvalue weighted by Gasteiger charge is 2.14. The predicted molar refractivity (Wildman–Crippen MR) is 109 cm³/mol. The zero-order chi connectivity index (χ0) is 20.4. The number of rotatable bonds is 5. The first-order chi connectivity index (χ1) is 14.1. The van der Waals surface area contributed by atoms with Crippen molar-refractivity contribution in [3.8, 4) is 5.69 Å². The molecular formula is C22H17N3O4. The Hall–Kier alpha value is -3.84. The van der Waals surface area contributed by atoms with E-state index >= 15 is 0 Å². The maximum absolute atomic E-state index is 13.2. The first-order valence-corrected chi connectivity index (χ1v) is 8.98. The zero-order valence-electron chi connectivity index (χ0n) is 15.4. The third kappa shape index (κ3) is 3.39. The average molecular weight is 387 g/mol. The van der Waals surface area contributed by atoms with Gasteiger partial charge in [0, 0.05) is 18.0 Å². The van der Waals surface area contributed by atoms with E-state index in [9.17, 15) is 14.4 Å². The van der Waals surface area contributed by atoms with Gasteiger partial charge in [0.1, 0.15) is 6.61 Å². The van der Waals surface area contributed by atoms with Crippen molar-refractivity contribution in [1.29, 1.82) is 0 Å². The molecule has 0 aliphatic rings. The van der Waals surface area contributed by atoms with Crippen molar-refractivity contribution in [1.82, 2.24) is 14.1 Å². The fourth-order valence-electron chi connectivity index (χ4n) is 3.26. The lowest BCUT2D eigenvalue weighted by Gasteiger charge is -2.14. The van der Waals surface area contributed by atoms with E-state index in [2.05, 4.69) is 4.98 Å².